The second kappa shape index (κ2) is 5.52. The highest BCUT2D eigenvalue weighted by molar-refractivity contribution is 9.10. The van der Waals surface area contributed by atoms with Crippen molar-refractivity contribution in [1.82, 2.24) is 4.90 Å². The van der Waals surface area contributed by atoms with E-state index < -0.39 is 0 Å². The Bertz CT molecular complexity index is 370. The predicted octanol–water partition coefficient (Wildman–Crippen LogP) is 3.43. The van der Waals surface area contributed by atoms with Crippen LogP contribution in [-0.4, -0.2) is 29.9 Å². The van der Waals surface area contributed by atoms with E-state index in [2.05, 4.69) is 48.9 Å². The smallest absolute Gasteiger partial charge is 0.119 e. The zero-order valence-electron chi connectivity index (χ0n) is 9.25. The first-order chi connectivity index (χ1) is 7.69. The molecule has 0 aliphatic carbocycles. The summed E-state index contributed by atoms with van der Waals surface area (Å²) >= 11 is 7.25. The summed E-state index contributed by atoms with van der Waals surface area (Å²) in [5, 5.41) is 0. The molecule has 1 aliphatic rings. The molecule has 0 bridgehead atoms. The number of rotatable bonds is 3. The minimum atomic E-state index is 0.650. The molecule has 16 heavy (non-hydrogen) atoms. The zero-order valence-corrected chi connectivity index (χ0v) is 12.4. The summed E-state index contributed by atoms with van der Waals surface area (Å²) in [6.45, 7) is 3.28. The average Bonchev–Trinajstić information content (AvgIpc) is 2.67. The molecular formula is C12H15Br2NO. The molecule has 1 fully saturated rings. The van der Waals surface area contributed by atoms with Gasteiger partial charge in [0.1, 0.15) is 5.75 Å². The van der Waals surface area contributed by atoms with Crippen molar-refractivity contribution < 1.29 is 4.74 Å². The summed E-state index contributed by atoms with van der Waals surface area (Å²) in [5.74, 6) is 0.924. The Labute approximate surface area is 113 Å². The Kier molecular flexibility index (Phi) is 4.27. The van der Waals surface area contributed by atoms with Crippen LogP contribution in [0.4, 0.5) is 0 Å². The first kappa shape index (κ1) is 12.4. The van der Waals surface area contributed by atoms with Gasteiger partial charge >= 0.3 is 0 Å². The molecule has 2 nitrogen and oxygen atoms in total. The van der Waals surface area contributed by atoms with E-state index in [0.29, 0.717) is 4.83 Å². The molecule has 0 N–H and O–H groups in total. The van der Waals surface area contributed by atoms with Gasteiger partial charge in [0.05, 0.1) is 7.11 Å². The van der Waals surface area contributed by atoms with Crippen molar-refractivity contribution in [2.75, 3.05) is 20.2 Å². The van der Waals surface area contributed by atoms with E-state index in [4.69, 9.17) is 4.74 Å². The predicted molar refractivity (Wildman–Crippen MR) is 73.3 cm³/mol. The highest BCUT2D eigenvalue weighted by Crippen LogP contribution is 2.26. The topological polar surface area (TPSA) is 12.5 Å². The lowest BCUT2D eigenvalue weighted by molar-refractivity contribution is 0.331. The number of ether oxygens (including phenoxy) is 1. The normalized spacial score (nSPS) is 21.3. The minimum absolute atomic E-state index is 0.650. The lowest BCUT2D eigenvalue weighted by Crippen LogP contribution is -2.20. The maximum Gasteiger partial charge on any atom is 0.119 e. The van der Waals surface area contributed by atoms with E-state index >= 15 is 0 Å². The quantitative estimate of drug-likeness (QED) is 0.776. The van der Waals surface area contributed by atoms with Gasteiger partial charge in [-0.3, -0.25) is 4.90 Å². The van der Waals surface area contributed by atoms with Crippen molar-refractivity contribution in [2.24, 2.45) is 0 Å². The molecule has 0 aromatic heterocycles. The maximum absolute atomic E-state index is 5.25. The average molecular weight is 349 g/mol. The van der Waals surface area contributed by atoms with Gasteiger partial charge < -0.3 is 4.74 Å². The highest BCUT2D eigenvalue weighted by atomic mass is 79.9. The number of likely N-dealkylation sites (tertiary alicyclic amines) is 1. The fraction of sp³-hybridized carbons (Fsp3) is 0.500. The molecule has 0 radical (unpaired) electrons. The van der Waals surface area contributed by atoms with Crippen LogP contribution >= 0.6 is 31.9 Å². The van der Waals surface area contributed by atoms with Crippen LogP contribution in [0.25, 0.3) is 0 Å². The molecule has 1 atom stereocenters. The molecule has 4 heteroatoms. The first-order valence-corrected chi connectivity index (χ1v) is 7.09. The monoisotopic (exact) mass is 347 g/mol. The van der Waals surface area contributed by atoms with E-state index in [1.807, 2.05) is 6.07 Å². The molecule has 1 saturated heterocycles. The molecule has 0 saturated carbocycles. The molecule has 2 rings (SSSR count). The standard InChI is InChI=1S/C12H15Br2NO/c1-16-11-2-3-12(14)9(6-11)7-15-5-4-10(13)8-15/h2-3,6,10H,4-5,7-8H2,1H3. The van der Waals surface area contributed by atoms with Gasteiger partial charge in [-0.25, -0.2) is 0 Å². The van der Waals surface area contributed by atoms with Crippen LogP contribution in [0.15, 0.2) is 22.7 Å². The largest absolute Gasteiger partial charge is 0.497 e. The van der Waals surface area contributed by atoms with Gasteiger partial charge in [0.15, 0.2) is 0 Å². The summed E-state index contributed by atoms with van der Waals surface area (Å²) in [4.78, 5) is 3.11. The minimum Gasteiger partial charge on any atom is -0.497 e. The van der Waals surface area contributed by atoms with Gasteiger partial charge in [0.25, 0.3) is 0 Å². The van der Waals surface area contributed by atoms with E-state index in [1.54, 1.807) is 7.11 Å². The Morgan fingerprint density at radius 2 is 2.31 bits per heavy atom. The number of hydrogen-bond donors (Lipinski definition) is 0. The lowest BCUT2D eigenvalue weighted by Gasteiger charge is -2.16. The van der Waals surface area contributed by atoms with Crippen LogP contribution in [0.2, 0.25) is 0 Å². The Morgan fingerprint density at radius 1 is 1.50 bits per heavy atom. The second-order valence-corrected chi connectivity index (χ2v) is 6.23. The molecule has 1 unspecified atom stereocenters. The van der Waals surface area contributed by atoms with Gasteiger partial charge in [-0.1, -0.05) is 31.9 Å². The van der Waals surface area contributed by atoms with Crippen molar-refractivity contribution >= 4 is 31.9 Å². The lowest BCUT2D eigenvalue weighted by atomic mass is 10.2. The van der Waals surface area contributed by atoms with Crippen LogP contribution in [-0.2, 0) is 6.54 Å². The molecule has 1 aromatic rings. The Balaban J connectivity index is 2.08. The summed E-state index contributed by atoms with van der Waals surface area (Å²) in [6, 6.07) is 6.13. The molecule has 1 heterocycles. The Morgan fingerprint density at radius 3 is 2.94 bits per heavy atom. The summed E-state index contributed by atoms with van der Waals surface area (Å²) < 4.78 is 6.41. The van der Waals surface area contributed by atoms with E-state index in [0.717, 1.165) is 23.3 Å². The number of methoxy groups -OCH3 is 1. The summed E-state index contributed by atoms with van der Waals surface area (Å²) in [5.41, 5.74) is 1.29. The fourth-order valence-electron chi connectivity index (χ4n) is 1.97. The number of benzene rings is 1. The molecule has 0 amide bonds. The number of halogens is 2. The van der Waals surface area contributed by atoms with Crippen LogP contribution < -0.4 is 4.74 Å². The maximum atomic E-state index is 5.25. The Hall–Kier alpha value is -0.0600. The van der Waals surface area contributed by atoms with E-state index in [9.17, 15) is 0 Å². The highest BCUT2D eigenvalue weighted by Gasteiger charge is 2.20. The van der Waals surface area contributed by atoms with Crippen molar-refractivity contribution in [2.45, 2.75) is 17.8 Å². The fourth-order valence-corrected chi connectivity index (χ4v) is 2.96. The van der Waals surface area contributed by atoms with Gasteiger partial charge in [-0.2, -0.15) is 0 Å². The van der Waals surface area contributed by atoms with Crippen LogP contribution in [0, 0.1) is 0 Å². The zero-order chi connectivity index (χ0) is 11.5. The van der Waals surface area contributed by atoms with Crippen molar-refractivity contribution in [3.05, 3.63) is 28.2 Å². The van der Waals surface area contributed by atoms with Crippen LogP contribution in [0.3, 0.4) is 0 Å². The molecule has 88 valence electrons. The second-order valence-electron chi connectivity index (χ2n) is 4.08. The number of hydrogen-bond acceptors (Lipinski definition) is 2. The van der Waals surface area contributed by atoms with Crippen molar-refractivity contribution in [3.63, 3.8) is 0 Å². The van der Waals surface area contributed by atoms with Crippen LogP contribution in [0.5, 0.6) is 5.75 Å². The molecular weight excluding hydrogens is 334 g/mol. The first-order valence-electron chi connectivity index (χ1n) is 5.38. The van der Waals surface area contributed by atoms with Crippen LogP contribution in [0.1, 0.15) is 12.0 Å². The SMILES string of the molecule is COc1ccc(Br)c(CN2CCC(Br)C2)c1. The third-order valence-corrected chi connectivity index (χ3v) is 4.38. The molecule has 1 aliphatic heterocycles. The number of alkyl halides is 1. The number of nitrogens with zero attached hydrogens (tertiary/aromatic N) is 1. The summed E-state index contributed by atoms with van der Waals surface area (Å²) in [6.07, 6.45) is 1.24. The third-order valence-electron chi connectivity index (χ3n) is 2.86. The molecule has 1 aromatic carbocycles. The van der Waals surface area contributed by atoms with Gasteiger partial charge in [0, 0.05) is 22.4 Å². The van der Waals surface area contributed by atoms with Crippen molar-refractivity contribution in [3.8, 4) is 5.75 Å². The third kappa shape index (κ3) is 2.99. The van der Waals surface area contributed by atoms with Gasteiger partial charge in [-0.15, -0.1) is 0 Å². The van der Waals surface area contributed by atoms with E-state index in [1.165, 1.54) is 18.5 Å². The van der Waals surface area contributed by atoms with E-state index in [-0.39, 0.29) is 0 Å². The molecule has 0 spiro atoms. The van der Waals surface area contributed by atoms with Crippen molar-refractivity contribution in [1.29, 1.82) is 0 Å². The van der Waals surface area contributed by atoms with Gasteiger partial charge in [-0.05, 0) is 36.7 Å². The van der Waals surface area contributed by atoms with Gasteiger partial charge in [0.2, 0.25) is 0 Å². The summed E-state index contributed by atoms with van der Waals surface area (Å²) in [7, 11) is 1.71.